The molecule has 0 atom stereocenters. The Morgan fingerprint density at radius 3 is 2.80 bits per heavy atom. The number of halogens is 1. The molecule has 0 unspecified atom stereocenters. The summed E-state index contributed by atoms with van der Waals surface area (Å²) in [5.74, 6) is 0.797. The van der Waals surface area contributed by atoms with E-state index < -0.39 is 0 Å². The van der Waals surface area contributed by atoms with Crippen molar-refractivity contribution < 1.29 is 4.79 Å². The van der Waals surface area contributed by atoms with Gasteiger partial charge in [0.1, 0.15) is 0 Å². The summed E-state index contributed by atoms with van der Waals surface area (Å²) in [6, 6.07) is 7.86. The van der Waals surface area contributed by atoms with Crippen molar-refractivity contribution in [2.24, 2.45) is 5.92 Å². The van der Waals surface area contributed by atoms with E-state index in [1.165, 1.54) is 0 Å². The minimum absolute atomic E-state index is 0.0354. The number of carbonyl (C=O) groups is 1. The number of hydrogen-bond acceptors (Lipinski definition) is 1. The predicted octanol–water partition coefficient (Wildman–Crippen LogP) is 2.98. The Morgan fingerprint density at radius 2 is 2.20 bits per heavy atom. The molecule has 1 fully saturated rings. The zero-order valence-corrected chi connectivity index (χ0v) is 10.3. The van der Waals surface area contributed by atoms with Crippen LogP contribution in [-0.4, -0.2) is 11.9 Å². The number of rotatable bonds is 2. The third kappa shape index (κ3) is 2.59. The highest BCUT2D eigenvalue weighted by atomic mass is 79.9. The summed E-state index contributed by atoms with van der Waals surface area (Å²) in [7, 11) is 0. The molecule has 15 heavy (non-hydrogen) atoms. The lowest BCUT2D eigenvalue weighted by Gasteiger charge is -2.33. The Kier molecular flexibility index (Phi) is 3.10. The van der Waals surface area contributed by atoms with E-state index in [1.54, 1.807) is 0 Å². The van der Waals surface area contributed by atoms with Crippen molar-refractivity contribution in [3.63, 3.8) is 0 Å². The van der Waals surface area contributed by atoms with Gasteiger partial charge in [-0.05, 0) is 37.0 Å². The summed E-state index contributed by atoms with van der Waals surface area (Å²) in [6.45, 7) is 2.21. The molecule has 1 aliphatic rings. The first kappa shape index (κ1) is 10.7. The molecule has 80 valence electrons. The smallest absolute Gasteiger partial charge is 0.251 e. The van der Waals surface area contributed by atoms with Crippen molar-refractivity contribution in [2.45, 2.75) is 25.8 Å². The van der Waals surface area contributed by atoms with E-state index in [-0.39, 0.29) is 5.91 Å². The molecule has 1 aliphatic carbocycles. The van der Waals surface area contributed by atoms with Gasteiger partial charge in [0, 0.05) is 16.1 Å². The topological polar surface area (TPSA) is 29.1 Å². The maximum absolute atomic E-state index is 11.8. The van der Waals surface area contributed by atoms with Crippen LogP contribution in [0, 0.1) is 5.92 Å². The summed E-state index contributed by atoms with van der Waals surface area (Å²) in [6.07, 6.45) is 2.22. The summed E-state index contributed by atoms with van der Waals surface area (Å²) >= 11 is 3.36. The number of amides is 1. The van der Waals surface area contributed by atoms with Gasteiger partial charge in [-0.15, -0.1) is 0 Å². The fourth-order valence-corrected chi connectivity index (χ4v) is 2.32. The zero-order valence-electron chi connectivity index (χ0n) is 8.66. The zero-order chi connectivity index (χ0) is 10.8. The Morgan fingerprint density at radius 1 is 1.47 bits per heavy atom. The minimum atomic E-state index is 0.0354. The van der Waals surface area contributed by atoms with Crippen LogP contribution < -0.4 is 5.32 Å². The van der Waals surface area contributed by atoms with Crippen molar-refractivity contribution in [1.29, 1.82) is 0 Å². The van der Waals surface area contributed by atoms with Crippen LogP contribution in [0.5, 0.6) is 0 Å². The van der Waals surface area contributed by atoms with E-state index in [0.717, 1.165) is 28.8 Å². The highest BCUT2D eigenvalue weighted by Crippen LogP contribution is 2.26. The largest absolute Gasteiger partial charge is 0.349 e. The van der Waals surface area contributed by atoms with Crippen LogP contribution in [0.4, 0.5) is 0 Å². The summed E-state index contributed by atoms with van der Waals surface area (Å²) < 4.78 is 0.942. The van der Waals surface area contributed by atoms with Gasteiger partial charge in [0.25, 0.3) is 5.91 Å². The van der Waals surface area contributed by atoms with Crippen LogP contribution in [0.1, 0.15) is 30.1 Å². The van der Waals surface area contributed by atoms with E-state index in [2.05, 4.69) is 28.2 Å². The number of benzene rings is 1. The molecule has 0 radical (unpaired) electrons. The quantitative estimate of drug-likeness (QED) is 0.877. The normalized spacial score (nSPS) is 24.4. The van der Waals surface area contributed by atoms with Crippen LogP contribution in [0.25, 0.3) is 0 Å². The van der Waals surface area contributed by atoms with Gasteiger partial charge < -0.3 is 5.32 Å². The molecule has 0 bridgehead atoms. The Hall–Kier alpha value is -0.830. The molecule has 1 N–H and O–H groups in total. The molecular formula is C12H14BrNO. The lowest BCUT2D eigenvalue weighted by molar-refractivity contribution is 0.0896. The summed E-state index contributed by atoms with van der Waals surface area (Å²) in [5, 5.41) is 3.03. The molecule has 0 saturated heterocycles. The van der Waals surface area contributed by atoms with Gasteiger partial charge >= 0.3 is 0 Å². The first-order valence-corrected chi connectivity index (χ1v) is 6.01. The number of carbonyl (C=O) groups excluding carboxylic acids is 1. The average Bonchev–Trinajstić information content (AvgIpc) is 2.15. The van der Waals surface area contributed by atoms with Gasteiger partial charge in [-0.3, -0.25) is 4.79 Å². The minimum Gasteiger partial charge on any atom is -0.349 e. The Bertz CT molecular complexity index is 372. The van der Waals surface area contributed by atoms with Crippen LogP contribution in [0.2, 0.25) is 0 Å². The van der Waals surface area contributed by atoms with Crippen molar-refractivity contribution in [3.05, 3.63) is 34.3 Å². The Balaban J connectivity index is 1.96. The maximum Gasteiger partial charge on any atom is 0.251 e. The van der Waals surface area contributed by atoms with Crippen LogP contribution in [-0.2, 0) is 0 Å². The van der Waals surface area contributed by atoms with Crippen molar-refractivity contribution >= 4 is 21.8 Å². The van der Waals surface area contributed by atoms with Crippen LogP contribution in [0.3, 0.4) is 0 Å². The van der Waals surface area contributed by atoms with E-state index in [1.807, 2.05) is 24.3 Å². The van der Waals surface area contributed by atoms with Crippen LogP contribution >= 0.6 is 15.9 Å². The van der Waals surface area contributed by atoms with E-state index in [0.29, 0.717) is 6.04 Å². The van der Waals surface area contributed by atoms with Crippen molar-refractivity contribution in [1.82, 2.24) is 5.32 Å². The van der Waals surface area contributed by atoms with E-state index in [9.17, 15) is 4.79 Å². The van der Waals surface area contributed by atoms with E-state index in [4.69, 9.17) is 0 Å². The van der Waals surface area contributed by atoms with Crippen molar-refractivity contribution in [2.75, 3.05) is 0 Å². The maximum atomic E-state index is 11.8. The molecule has 1 aromatic rings. The van der Waals surface area contributed by atoms with Gasteiger partial charge in [-0.2, -0.15) is 0 Å². The SMILES string of the molecule is CC1CC(NC(=O)c2cccc(Br)c2)C1. The monoisotopic (exact) mass is 267 g/mol. The van der Waals surface area contributed by atoms with E-state index >= 15 is 0 Å². The molecule has 0 heterocycles. The van der Waals surface area contributed by atoms with Gasteiger partial charge in [0.2, 0.25) is 0 Å². The lowest BCUT2D eigenvalue weighted by atomic mass is 9.82. The predicted molar refractivity (Wildman–Crippen MR) is 63.8 cm³/mol. The van der Waals surface area contributed by atoms with Gasteiger partial charge in [-0.1, -0.05) is 28.9 Å². The molecule has 1 aromatic carbocycles. The summed E-state index contributed by atoms with van der Waals surface area (Å²) in [4.78, 5) is 11.8. The third-order valence-electron chi connectivity index (χ3n) is 2.80. The number of hydrogen-bond donors (Lipinski definition) is 1. The fourth-order valence-electron chi connectivity index (χ4n) is 1.92. The second kappa shape index (κ2) is 4.35. The second-order valence-electron chi connectivity index (χ2n) is 4.26. The highest BCUT2D eigenvalue weighted by molar-refractivity contribution is 9.10. The van der Waals surface area contributed by atoms with Crippen molar-refractivity contribution in [3.8, 4) is 0 Å². The molecule has 3 heteroatoms. The summed E-state index contributed by atoms with van der Waals surface area (Å²) in [5.41, 5.74) is 0.726. The second-order valence-corrected chi connectivity index (χ2v) is 5.17. The molecule has 0 spiro atoms. The molecule has 0 aromatic heterocycles. The van der Waals surface area contributed by atoms with Crippen LogP contribution in [0.15, 0.2) is 28.7 Å². The fraction of sp³-hybridized carbons (Fsp3) is 0.417. The highest BCUT2D eigenvalue weighted by Gasteiger charge is 2.26. The average molecular weight is 268 g/mol. The molecule has 1 amide bonds. The van der Waals surface area contributed by atoms with Gasteiger partial charge in [-0.25, -0.2) is 0 Å². The number of nitrogens with one attached hydrogen (secondary N) is 1. The molecular weight excluding hydrogens is 254 g/mol. The molecule has 0 aliphatic heterocycles. The van der Waals surface area contributed by atoms with Gasteiger partial charge in [0.05, 0.1) is 0 Å². The third-order valence-corrected chi connectivity index (χ3v) is 3.29. The first-order valence-electron chi connectivity index (χ1n) is 5.21. The standard InChI is InChI=1S/C12H14BrNO/c1-8-5-11(6-8)14-12(15)9-3-2-4-10(13)7-9/h2-4,7-8,11H,5-6H2,1H3,(H,14,15). The molecule has 2 nitrogen and oxygen atoms in total. The Labute approximate surface area is 98.2 Å². The van der Waals surface area contributed by atoms with Gasteiger partial charge in [0.15, 0.2) is 0 Å². The first-order chi connectivity index (χ1) is 7.15. The lowest BCUT2D eigenvalue weighted by Crippen LogP contribution is -2.43. The molecule has 1 saturated carbocycles. The molecule has 2 rings (SSSR count).